The average molecular weight is 187 g/mol. The molecule has 0 spiro atoms. The van der Waals surface area contributed by atoms with E-state index in [1.54, 1.807) is 6.92 Å². The number of hydrogen-bond acceptors (Lipinski definition) is 4. The maximum atomic E-state index is 11.0. The second-order valence-corrected chi connectivity index (χ2v) is 2.35. The van der Waals surface area contributed by atoms with Crippen LogP contribution in [-0.2, 0) is 14.3 Å². The Bertz CT molecular complexity index is 214. The van der Waals surface area contributed by atoms with Crippen LogP contribution in [0.4, 0.5) is 0 Å². The van der Waals surface area contributed by atoms with E-state index < -0.39 is 17.9 Å². The Hall–Kier alpha value is -1.36. The number of carbonyl (C=O) groups excluding carboxylic acids is 2. The molecular formula is C8H13NO4. The third-order valence-corrected chi connectivity index (χ3v) is 1.39. The molecule has 0 bridgehead atoms. The van der Waals surface area contributed by atoms with Crippen LogP contribution >= 0.6 is 0 Å². The van der Waals surface area contributed by atoms with Crippen LogP contribution in [-0.4, -0.2) is 34.8 Å². The molecule has 0 aliphatic rings. The van der Waals surface area contributed by atoms with Gasteiger partial charge in [-0.25, -0.2) is 9.86 Å². The van der Waals surface area contributed by atoms with Crippen molar-refractivity contribution in [1.82, 2.24) is 5.06 Å². The summed E-state index contributed by atoms with van der Waals surface area (Å²) < 4.78 is 4.40. The second-order valence-electron chi connectivity index (χ2n) is 2.35. The molecule has 0 aliphatic carbocycles. The maximum Gasteiger partial charge on any atom is 0.399 e. The van der Waals surface area contributed by atoms with E-state index in [1.165, 1.54) is 13.0 Å². The third kappa shape index (κ3) is 3.25. The van der Waals surface area contributed by atoms with Crippen LogP contribution in [0, 0.1) is 0 Å². The second kappa shape index (κ2) is 5.31. The van der Waals surface area contributed by atoms with Crippen LogP contribution < -0.4 is 0 Å². The van der Waals surface area contributed by atoms with Crippen molar-refractivity contribution in [1.29, 1.82) is 0 Å². The molecule has 0 saturated carbocycles. The van der Waals surface area contributed by atoms with Crippen molar-refractivity contribution in [3.63, 3.8) is 0 Å². The first kappa shape index (κ1) is 11.6. The molecule has 1 N–H and O–H groups in total. The number of esters is 1. The van der Waals surface area contributed by atoms with Crippen molar-refractivity contribution in [3.8, 4) is 0 Å². The van der Waals surface area contributed by atoms with Gasteiger partial charge in [-0.15, -0.1) is 6.58 Å². The lowest BCUT2D eigenvalue weighted by Crippen LogP contribution is -2.39. The molecule has 74 valence electrons. The lowest BCUT2D eigenvalue weighted by Gasteiger charge is -2.17. The van der Waals surface area contributed by atoms with E-state index in [-0.39, 0.29) is 11.7 Å². The Labute approximate surface area is 76.5 Å². The van der Waals surface area contributed by atoms with Gasteiger partial charge in [0.1, 0.15) is 0 Å². The molecule has 0 aromatic rings. The standard InChI is InChI=1S/C8H13NO4/c1-4-6(3)9(12)7(10)8(11)13-5-2/h4,6,12H,1,5H2,2-3H3. The average Bonchev–Trinajstić information content (AvgIpc) is 2.14. The molecule has 0 rings (SSSR count). The summed E-state index contributed by atoms with van der Waals surface area (Å²) in [5, 5.41) is 9.38. The smallest absolute Gasteiger partial charge is 0.399 e. The van der Waals surface area contributed by atoms with E-state index in [9.17, 15) is 9.59 Å². The van der Waals surface area contributed by atoms with E-state index in [4.69, 9.17) is 5.21 Å². The zero-order chi connectivity index (χ0) is 10.4. The van der Waals surface area contributed by atoms with Gasteiger partial charge in [0, 0.05) is 0 Å². The lowest BCUT2D eigenvalue weighted by molar-refractivity contribution is -0.183. The summed E-state index contributed by atoms with van der Waals surface area (Å²) in [7, 11) is 0. The summed E-state index contributed by atoms with van der Waals surface area (Å²) in [5.74, 6) is -2.16. The fraction of sp³-hybridized carbons (Fsp3) is 0.500. The first-order valence-corrected chi connectivity index (χ1v) is 3.86. The van der Waals surface area contributed by atoms with Crippen LogP contribution in [0.2, 0.25) is 0 Å². The molecule has 0 aromatic carbocycles. The van der Waals surface area contributed by atoms with Gasteiger partial charge >= 0.3 is 11.9 Å². The van der Waals surface area contributed by atoms with Crippen LogP contribution in [0.5, 0.6) is 0 Å². The van der Waals surface area contributed by atoms with Crippen molar-refractivity contribution >= 4 is 11.9 Å². The summed E-state index contributed by atoms with van der Waals surface area (Å²) in [6, 6.07) is -0.614. The summed E-state index contributed by atoms with van der Waals surface area (Å²) in [6.45, 7) is 6.55. The quantitative estimate of drug-likeness (QED) is 0.227. The first-order valence-electron chi connectivity index (χ1n) is 3.86. The number of hydroxylamine groups is 2. The predicted molar refractivity (Wildman–Crippen MR) is 44.9 cm³/mol. The van der Waals surface area contributed by atoms with Gasteiger partial charge in [0.2, 0.25) is 0 Å². The Morgan fingerprint density at radius 3 is 2.62 bits per heavy atom. The third-order valence-electron chi connectivity index (χ3n) is 1.39. The van der Waals surface area contributed by atoms with Gasteiger partial charge in [-0.1, -0.05) is 6.08 Å². The molecular weight excluding hydrogens is 174 g/mol. The number of nitrogens with zero attached hydrogens (tertiary/aromatic N) is 1. The SMILES string of the molecule is C=CC(C)N(O)C(=O)C(=O)OCC. The number of hydrogen-bond donors (Lipinski definition) is 1. The summed E-state index contributed by atoms with van der Waals surface area (Å²) in [4.78, 5) is 21.8. The number of carbonyl (C=O) groups is 2. The van der Waals surface area contributed by atoms with Gasteiger partial charge in [-0.2, -0.15) is 0 Å². The molecule has 0 saturated heterocycles. The van der Waals surface area contributed by atoms with Crippen LogP contribution in [0.15, 0.2) is 12.7 Å². The maximum absolute atomic E-state index is 11.0. The lowest BCUT2D eigenvalue weighted by atomic mass is 10.3. The van der Waals surface area contributed by atoms with Crippen molar-refractivity contribution < 1.29 is 19.5 Å². The highest BCUT2D eigenvalue weighted by Gasteiger charge is 2.24. The Balaban J connectivity index is 4.24. The summed E-state index contributed by atoms with van der Waals surface area (Å²) in [6.07, 6.45) is 1.33. The fourth-order valence-electron chi connectivity index (χ4n) is 0.571. The first-order chi connectivity index (χ1) is 6.04. The van der Waals surface area contributed by atoms with Crippen molar-refractivity contribution in [2.24, 2.45) is 0 Å². The van der Waals surface area contributed by atoms with Crippen molar-refractivity contribution in [3.05, 3.63) is 12.7 Å². The van der Waals surface area contributed by atoms with E-state index >= 15 is 0 Å². The van der Waals surface area contributed by atoms with Crippen molar-refractivity contribution in [2.45, 2.75) is 19.9 Å². The van der Waals surface area contributed by atoms with Gasteiger partial charge in [0.25, 0.3) is 0 Å². The minimum Gasteiger partial charge on any atom is -0.459 e. The molecule has 5 heteroatoms. The molecule has 0 radical (unpaired) electrons. The van der Waals surface area contributed by atoms with Gasteiger partial charge in [-0.3, -0.25) is 10.0 Å². The minimum absolute atomic E-state index is 0.0981. The molecule has 0 heterocycles. The molecule has 1 amide bonds. The van der Waals surface area contributed by atoms with E-state index in [1.807, 2.05) is 0 Å². The molecule has 0 aliphatic heterocycles. The molecule has 5 nitrogen and oxygen atoms in total. The molecule has 13 heavy (non-hydrogen) atoms. The number of amides is 1. The van der Waals surface area contributed by atoms with Gasteiger partial charge in [0.05, 0.1) is 12.6 Å². The number of rotatable bonds is 3. The highest BCUT2D eigenvalue weighted by Crippen LogP contribution is 1.97. The van der Waals surface area contributed by atoms with Gasteiger partial charge in [-0.05, 0) is 13.8 Å². The Morgan fingerprint density at radius 1 is 1.69 bits per heavy atom. The zero-order valence-electron chi connectivity index (χ0n) is 7.69. The van der Waals surface area contributed by atoms with Gasteiger partial charge < -0.3 is 4.74 Å². The van der Waals surface area contributed by atoms with Crippen LogP contribution in [0.25, 0.3) is 0 Å². The van der Waals surface area contributed by atoms with E-state index in [0.29, 0.717) is 0 Å². The van der Waals surface area contributed by atoms with Crippen LogP contribution in [0.1, 0.15) is 13.8 Å². The topological polar surface area (TPSA) is 66.8 Å². The van der Waals surface area contributed by atoms with Gasteiger partial charge in [0.15, 0.2) is 0 Å². The molecule has 0 aromatic heterocycles. The number of ether oxygens (including phenoxy) is 1. The van der Waals surface area contributed by atoms with Crippen LogP contribution in [0.3, 0.4) is 0 Å². The monoisotopic (exact) mass is 187 g/mol. The normalized spacial score (nSPS) is 11.6. The largest absolute Gasteiger partial charge is 0.459 e. The van der Waals surface area contributed by atoms with E-state index in [2.05, 4.69) is 11.3 Å². The Kier molecular flexibility index (Phi) is 4.76. The minimum atomic E-state index is -1.09. The molecule has 1 unspecified atom stereocenters. The fourth-order valence-corrected chi connectivity index (χ4v) is 0.571. The predicted octanol–water partition coefficient (Wildman–Crippen LogP) is 0.342. The zero-order valence-corrected chi connectivity index (χ0v) is 7.69. The van der Waals surface area contributed by atoms with Crippen molar-refractivity contribution in [2.75, 3.05) is 6.61 Å². The summed E-state index contributed by atoms with van der Waals surface area (Å²) >= 11 is 0. The summed E-state index contributed by atoms with van der Waals surface area (Å²) in [5.41, 5.74) is 0. The molecule has 0 fully saturated rings. The highest BCUT2D eigenvalue weighted by molar-refractivity contribution is 6.32. The van der Waals surface area contributed by atoms with E-state index in [0.717, 1.165) is 0 Å². The Morgan fingerprint density at radius 2 is 2.23 bits per heavy atom. The molecule has 1 atom stereocenters. The highest BCUT2D eigenvalue weighted by atomic mass is 16.6.